The number of halogens is 2. The van der Waals surface area contributed by atoms with Gasteiger partial charge in [0.1, 0.15) is 5.82 Å². The lowest BCUT2D eigenvalue weighted by Crippen LogP contribution is -1.86. The Hall–Kier alpha value is -0.900. The summed E-state index contributed by atoms with van der Waals surface area (Å²) in [6.07, 6.45) is 4.70. The topological polar surface area (TPSA) is 17.3 Å². The smallest absolute Gasteiger partial charge is 0.151 e. The van der Waals surface area contributed by atoms with Crippen molar-refractivity contribution in [2.75, 3.05) is 0 Å². The van der Waals surface area contributed by atoms with Gasteiger partial charge in [-0.3, -0.25) is 0 Å². The Balaban J connectivity index is 2.91. The van der Waals surface area contributed by atoms with Crippen molar-refractivity contribution in [1.82, 2.24) is 9.38 Å². The van der Waals surface area contributed by atoms with E-state index < -0.39 is 0 Å². The van der Waals surface area contributed by atoms with Crippen LogP contribution in [0.15, 0.2) is 29.1 Å². The molecule has 0 bridgehead atoms. The molecule has 0 aromatic carbocycles. The van der Waals surface area contributed by atoms with Gasteiger partial charge < -0.3 is 4.40 Å². The molecule has 0 saturated carbocycles. The number of fused-ring (bicyclic) bond motifs is 1. The summed E-state index contributed by atoms with van der Waals surface area (Å²) in [5.41, 5.74) is 0.728. The minimum atomic E-state index is -0.276. The molecular formula is C7H4BrFN2. The van der Waals surface area contributed by atoms with E-state index in [1.54, 1.807) is 16.8 Å². The van der Waals surface area contributed by atoms with E-state index in [1.165, 1.54) is 12.3 Å². The predicted octanol–water partition coefficient (Wildman–Crippen LogP) is 2.24. The second-order valence-corrected chi connectivity index (χ2v) is 3.02. The summed E-state index contributed by atoms with van der Waals surface area (Å²) in [6, 6.07) is 1.39. The van der Waals surface area contributed by atoms with Crippen LogP contribution in [0.5, 0.6) is 0 Å². The Morgan fingerprint density at radius 1 is 1.55 bits per heavy atom. The largest absolute Gasteiger partial charge is 0.303 e. The van der Waals surface area contributed by atoms with Gasteiger partial charge in [0.25, 0.3) is 0 Å². The van der Waals surface area contributed by atoms with Crippen molar-refractivity contribution in [3.63, 3.8) is 0 Å². The van der Waals surface area contributed by atoms with Crippen molar-refractivity contribution in [3.05, 3.63) is 34.9 Å². The highest BCUT2D eigenvalue weighted by atomic mass is 79.9. The maximum atomic E-state index is 12.7. The first-order valence-corrected chi connectivity index (χ1v) is 3.84. The molecule has 0 spiro atoms. The molecule has 0 saturated heterocycles. The number of aromatic nitrogens is 2. The zero-order chi connectivity index (χ0) is 7.84. The number of pyridine rings is 1. The van der Waals surface area contributed by atoms with Gasteiger partial charge >= 0.3 is 0 Å². The molecule has 2 heterocycles. The fraction of sp³-hybridized carbons (Fsp3) is 0. The third-order valence-electron chi connectivity index (χ3n) is 1.41. The van der Waals surface area contributed by atoms with Crippen molar-refractivity contribution < 1.29 is 4.39 Å². The van der Waals surface area contributed by atoms with Gasteiger partial charge in [-0.25, -0.2) is 9.37 Å². The third kappa shape index (κ3) is 1.03. The average Bonchev–Trinajstić information content (AvgIpc) is 2.34. The van der Waals surface area contributed by atoms with Gasteiger partial charge in [-0.2, -0.15) is 0 Å². The normalized spacial score (nSPS) is 10.7. The van der Waals surface area contributed by atoms with E-state index in [1.807, 2.05) is 0 Å². The quantitative estimate of drug-likeness (QED) is 0.658. The molecular weight excluding hydrogens is 211 g/mol. The van der Waals surface area contributed by atoms with Gasteiger partial charge in [-0.1, -0.05) is 0 Å². The van der Waals surface area contributed by atoms with Crippen molar-refractivity contribution in [1.29, 1.82) is 0 Å². The van der Waals surface area contributed by atoms with Crippen LogP contribution in [0.1, 0.15) is 0 Å². The highest BCUT2D eigenvalue weighted by Gasteiger charge is 2.00. The summed E-state index contributed by atoms with van der Waals surface area (Å²) >= 11 is 3.20. The van der Waals surface area contributed by atoms with E-state index >= 15 is 0 Å². The molecule has 56 valence electrons. The van der Waals surface area contributed by atoms with Crippen LogP contribution in [0.4, 0.5) is 4.39 Å². The summed E-state index contributed by atoms with van der Waals surface area (Å²) < 4.78 is 15.0. The number of hydrogen-bond donors (Lipinski definition) is 0. The van der Waals surface area contributed by atoms with Crippen LogP contribution >= 0.6 is 15.9 Å². The number of imidazole rings is 1. The van der Waals surface area contributed by atoms with Crippen LogP contribution in [-0.4, -0.2) is 9.38 Å². The molecule has 0 fully saturated rings. The minimum Gasteiger partial charge on any atom is -0.303 e. The lowest BCUT2D eigenvalue weighted by Gasteiger charge is -1.95. The van der Waals surface area contributed by atoms with Crippen molar-refractivity contribution in [2.45, 2.75) is 0 Å². The van der Waals surface area contributed by atoms with E-state index in [-0.39, 0.29) is 5.82 Å². The summed E-state index contributed by atoms with van der Waals surface area (Å²) in [5.74, 6) is -0.276. The summed E-state index contributed by atoms with van der Waals surface area (Å²) in [7, 11) is 0. The highest BCUT2D eigenvalue weighted by molar-refractivity contribution is 9.10. The van der Waals surface area contributed by atoms with Gasteiger partial charge in [0, 0.05) is 18.6 Å². The fourth-order valence-corrected chi connectivity index (χ4v) is 1.48. The van der Waals surface area contributed by atoms with E-state index in [0.717, 1.165) is 5.65 Å². The van der Waals surface area contributed by atoms with Gasteiger partial charge in [0.15, 0.2) is 5.65 Å². The molecule has 2 rings (SSSR count). The zero-order valence-electron chi connectivity index (χ0n) is 5.46. The molecule has 0 aliphatic carbocycles. The first-order valence-electron chi connectivity index (χ1n) is 3.05. The van der Waals surface area contributed by atoms with E-state index in [9.17, 15) is 4.39 Å². The van der Waals surface area contributed by atoms with Crippen molar-refractivity contribution in [3.8, 4) is 0 Å². The van der Waals surface area contributed by atoms with E-state index in [4.69, 9.17) is 0 Å². The lowest BCUT2D eigenvalue weighted by molar-refractivity contribution is 0.618. The van der Waals surface area contributed by atoms with Gasteiger partial charge in [0.2, 0.25) is 0 Å². The Labute approximate surface area is 70.8 Å². The third-order valence-corrected chi connectivity index (χ3v) is 1.99. The molecule has 0 radical (unpaired) electrons. The summed E-state index contributed by atoms with van der Waals surface area (Å²) in [4.78, 5) is 4.01. The first-order chi connectivity index (χ1) is 5.27. The second-order valence-electron chi connectivity index (χ2n) is 2.16. The minimum absolute atomic E-state index is 0.276. The lowest BCUT2D eigenvalue weighted by atomic mass is 10.4. The van der Waals surface area contributed by atoms with Gasteiger partial charge in [0.05, 0.1) is 4.47 Å². The molecule has 0 amide bonds. The summed E-state index contributed by atoms with van der Waals surface area (Å²) in [6.45, 7) is 0. The van der Waals surface area contributed by atoms with Crippen LogP contribution in [0.2, 0.25) is 0 Å². The highest BCUT2D eigenvalue weighted by Crippen LogP contribution is 2.16. The molecule has 0 aliphatic heterocycles. The van der Waals surface area contributed by atoms with Crippen molar-refractivity contribution >= 4 is 21.6 Å². The first kappa shape index (κ1) is 6.79. The molecule has 0 aliphatic rings. The van der Waals surface area contributed by atoms with Crippen LogP contribution in [0.3, 0.4) is 0 Å². The zero-order valence-corrected chi connectivity index (χ0v) is 7.05. The maximum absolute atomic E-state index is 12.7. The van der Waals surface area contributed by atoms with Gasteiger partial charge in [-0.05, 0) is 22.0 Å². The molecule has 2 nitrogen and oxygen atoms in total. The van der Waals surface area contributed by atoms with Crippen LogP contribution in [-0.2, 0) is 0 Å². The van der Waals surface area contributed by atoms with E-state index in [2.05, 4.69) is 20.9 Å². The molecule has 0 N–H and O–H groups in total. The van der Waals surface area contributed by atoms with Crippen LogP contribution in [0, 0.1) is 5.82 Å². The standard InChI is InChI=1S/C7H4BrFN2/c8-6-3-5(9)4-11-2-1-10-7(6)11/h1-4H. The monoisotopic (exact) mass is 214 g/mol. The van der Waals surface area contributed by atoms with Crippen LogP contribution in [0.25, 0.3) is 5.65 Å². The van der Waals surface area contributed by atoms with Gasteiger partial charge in [-0.15, -0.1) is 0 Å². The Kier molecular flexibility index (Phi) is 1.42. The second kappa shape index (κ2) is 2.30. The number of hydrogen-bond acceptors (Lipinski definition) is 1. The molecule has 4 heteroatoms. The fourth-order valence-electron chi connectivity index (χ4n) is 0.958. The Bertz CT molecular complexity index is 396. The molecule has 11 heavy (non-hydrogen) atoms. The SMILES string of the molecule is Fc1cc(Br)c2nccn2c1. The molecule has 0 atom stereocenters. The Morgan fingerprint density at radius 2 is 2.36 bits per heavy atom. The number of rotatable bonds is 0. The Morgan fingerprint density at radius 3 is 3.18 bits per heavy atom. The van der Waals surface area contributed by atoms with Crippen molar-refractivity contribution in [2.24, 2.45) is 0 Å². The average molecular weight is 215 g/mol. The molecule has 0 unspecified atom stereocenters. The maximum Gasteiger partial charge on any atom is 0.151 e. The molecule has 2 aromatic heterocycles. The van der Waals surface area contributed by atoms with Crippen LogP contribution < -0.4 is 0 Å². The van der Waals surface area contributed by atoms with E-state index in [0.29, 0.717) is 4.47 Å². The molecule has 2 aromatic rings. The number of nitrogens with zero attached hydrogens (tertiary/aromatic N) is 2. The predicted molar refractivity (Wildman–Crippen MR) is 42.9 cm³/mol. The summed E-state index contributed by atoms with van der Waals surface area (Å²) in [5, 5.41) is 0.